The van der Waals surface area contributed by atoms with Crippen molar-refractivity contribution < 1.29 is 4.74 Å². The molecule has 6 rings (SSSR count). The number of nitrogens with zero attached hydrogens (tertiary/aromatic N) is 5. The highest BCUT2D eigenvalue weighted by Crippen LogP contribution is 2.31. The van der Waals surface area contributed by atoms with Crippen LogP contribution in [0.1, 0.15) is 30.2 Å². The van der Waals surface area contributed by atoms with Gasteiger partial charge in [0.15, 0.2) is 0 Å². The molecule has 0 unspecified atom stereocenters. The maximum Gasteiger partial charge on any atom is 0.101 e. The Morgan fingerprint density at radius 3 is 2.91 bits per heavy atom. The highest BCUT2D eigenvalue weighted by molar-refractivity contribution is 5.95. The van der Waals surface area contributed by atoms with Crippen molar-refractivity contribution in [2.75, 3.05) is 42.5 Å². The summed E-state index contributed by atoms with van der Waals surface area (Å²) in [5.74, 6) is 0. The van der Waals surface area contributed by atoms with Crippen LogP contribution in [0.3, 0.4) is 0 Å². The zero-order chi connectivity index (χ0) is 23.1. The van der Waals surface area contributed by atoms with Gasteiger partial charge in [0.25, 0.3) is 0 Å². The monoisotopic (exact) mass is 454 g/mol. The lowest BCUT2D eigenvalue weighted by atomic mass is 10.1. The first-order chi connectivity index (χ1) is 16.7. The first-order valence-corrected chi connectivity index (χ1v) is 12.3. The molecule has 1 aromatic carbocycles. The van der Waals surface area contributed by atoms with Crippen molar-refractivity contribution in [1.82, 2.24) is 15.3 Å². The van der Waals surface area contributed by atoms with E-state index in [0.717, 1.165) is 55.7 Å². The van der Waals surface area contributed by atoms with Crippen LogP contribution < -0.4 is 15.1 Å². The predicted octanol–water partition coefficient (Wildman–Crippen LogP) is 3.06. The summed E-state index contributed by atoms with van der Waals surface area (Å²) < 4.78 is 6.28. The fourth-order valence-corrected chi connectivity index (χ4v) is 5.58. The third-order valence-corrected chi connectivity index (χ3v) is 7.32. The topological polar surface area (TPSA) is 77.3 Å². The molecular weight excluding hydrogens is 424 g/mol. The van der Waals surface area contributed by atoms with Crippen LogP contribution in [0.5, 0.6) is 0 Å². The van der Waals surface area contributed by atoms with Gasteiger partial charge in [-0.3, -0.25) is 9.97 Å². The van der Waals surface area contributed by atoms with Gasteiger partial charge in [0.2, 0.25) is 0 Å². The second-order valence-electron chi connectivity index (χ2n) is 9.78. The molecule has 3 aliphatic rings. The van der Waals surface area contributed by atoms with Crippen LogP contribution in [0, 0.1) is 11.3 Å². The van der Waals surface area contributed by atoms with E-state index in [2.05, 4.69) is 56.3 Å². The van der Waals surface area contributed by atoms with Crippen LogP contribution in [0.25, 0.3) is 10.9 Å². The quantitative estimate of drug-likeness (QED) is 0.635. The van der Waals surface area contributed by atoms with Crippen LogP contribution in [-0.4, -0.2) is 60.9 Å². The minimum atomic E-state index is 0.113. The van der Waals surface area contributed by atoms with Crippen molar-refractivity contribution in [2.45, 2.75) is 44.4 Å². The van der Waals surface area contributed by atoms with E-state index >= 15 is 0 Å². The average molecular weight is 455 g/mol. The van der Waals surface area contributed by atoms with Crippen molar-refractivity contribution in [1.29, 1.82) is 5.26 Å². The number of hydrogen-bond donors (Lipinski definition) is 1. The van der Waals surface area contributed by atoms with Crippen LogP contribution in [0.4, 0.5) is 11.4 Å². The summed E-state index contributed by atoms with van der Waals surface area (Å²) in [5.41, 5.74) is 6.50. The molecule has 4 heterocycles. The Hall–Kier alpha value is -3.21. The lowest BCUT2D eigenvalue weighted by molar-refractivity contribution is -0.0161. The third kappa shape index (κ3) is 3.97. The van der Waals surface area contributed by atoms with E-state index in [0.29, 0.717) is 11.6 Å². The van der Waals surface area contributed by atoms with Crippen LogP contribution in [-0.2, 0) is 17.6 Å². The summed E-state index contributed by atoms with van der Waals surface area (Å²) in [6.07, 6.45) is 7.58. The first kappa shape index (κ1) is 21.3. The molecule has 0 spiro atoms. The molecule has 7 heteroatoms. The molecule has 2 fully saturated rings. The van der Waals surface area contributed by atoms with E-state index in [4.69, 9.17) is 4.74 Å². The number of benzene rings is 1. The minimum absolute atomic E-state index is 0.113. The number of morpholine rings is 1. The summed E-state index contributed by atoms with van der Waals surface area (Å²) >= 11 is 0. The lowest BCUT2D eigenvalue weighted by Gasteiger charge is -2.43. The third-order valence-electron chi connectivity index (χ3n) is 7.32. The fourth-order valence-electron chi connectivity index (χ4n) is 5.58. The molecule has 0 radical (unpaired) electrons. The zero-order valence-electron chi connectivity index (χ0n) is 19.6. The Morgan fingerprint density at radius 2 is 2.03 bits per heavy atom. The second-order valence-corrected chi connectivity index (χ2v) is 9.78. The smallest absolute Gasteiger partial charge is 0.101 e. The van der Waals surface area contributed by atoms with Gasteiger partial charge < -0.3 is 19.9 Å². The Bertz CT molecular complexity index is 1250. The number of aromatic nitrogens is 2. The van der Waals surface area contributed by atoms with Crippen LogP contribution in [0.15, 0.2) is 42.7 Å². The lowest BCUT2D eigenvalue weighted by Crippen LogP contribution is -2.60. The summed E-state index contributed by atoms with van der Waals surface area (Å²) in [5, 5.41) is 14.2. The van der Waals surface area contributed by atoms with Crippen LogP contribution >= 0.6 is 0 Å². The van der Waals surface area contributed by atoms with Crippen molar-refractivity contribution in [3.63, 3.8) is 0 Å². The Balaban J connectivity index is 1.08. The van der Waals surface area contributed by atoms with Crippen LogP contribution in [0.2, 0.25) is 0 Å². The number of aryl methyl sites for hydroxylation is 2. The molecule has 34 heavy (non-hydrogen) atoms. The van der Waals surface area contributed by atoms with E-state index in [1.807, 2.05) is 18.3 Å². The van der Waals surface area contributed by atoms with E-state index in [-0.39, 0.29) is 12.2 Å². The van der Waals surface area contributed by atoms with Crippen molar-refractivity contribution in [2.24, 2.45) is 0 Å². The van der Waals surface area contributed by atoms with Gasteiger partial charge in [-0.25, -0.2) is 0 Å². The average Bonchev–Trinajstić information content (AvgIpc) is 3.30. The predicted molar refractivity (Wildman–Crippen MR) is 133 cm³/mol. The molecule has 2 aliphatic heterocycles. The molecule has 174 valence electrons. The largest absolute Gasteiger partial charge is 0.370 e. The number of ether oxygens (including phenoxy) is 1. The molecule has 0 amide bonds. The fraction of sp³-hybridized carbons (Fsp3) is 0.444. The van der Waals surface area contributed by atoms with Gasteiger partial charge in [-0.1, -0.05) is 0 Å². The number of nitriles is 1. The van der Waals surface area contributed by atoms with E-state index in [9.17, 15) is 5.26 Å². The van der Waals surface area contributed by atoms with Gasteiger partial charge in [-0.2, -0.15) is 5.26 Å². The number of rotatable bonds is 5. The van der Waals surface area contributed by atoms with Gasteiger partial charge in [-0.05, 0) is 62.1 Å². The molecule has 2 aromatic heterocycles. The minimum Gasteiger partial charge on any atom is -0.370 e. The SMILES string of the molecule is C[C@@H]1CN(c2ccc(C#N)c3ncccc23)C[C@H](CNC2CN(c3cnc4c(c3)CCC4)C2)O1. The molecule has 1 N–H and O–H groups in total. The van der Waals surface area contributed by atoms with Gasteiger partial charge in [0.05, 0.1) is 35.2 Å². The molecular formula is C27H30N6O. The molecule has 2 saturated heterocycles. The van der Waals surface area contributed by atoms with Gasteiger partial charge >= 0.3 is 0 Å². The first-order valence-electron chi connectivity index (χ1n) is 12.3. The highest BCUT2D eigenvalue weighted by atomic mass is 16.5. The Kier molecular flexibility index (Phi) is 5.56. The van der Waals surface area contributed by atoms with Crippen molar-refractivity contribution in [3.05, 3.63) is 59.5 Å². The molecule has 0 saturated carbocycles. The van der Waals surface area contributed by atoms with E-state index < -0.39 is 0 Å². The number of anilines is 2. The van der Waals surface area contributed by atoms with Gasteiger partial charge in [-0.15, -0.1) is 0 Å². The Labute approximate surface area is 200 Å². The zero-order valence-corrected chi connectivity index (χ0v) is 19.6. The van der Waals surface area contributed by atoms with E-state index in [1.165, 1.54) is 29.8 Å². The standard InChI is InChI=1S/C27H30N6O/c1-18-14-33(26-8-7-20(11-28)27-24(26)5-3-9-29-27)17-23(34-18)13-30-21-15-32(16-21)22-10-19-4-2-6-25(19)31-12-22/h3,5,7-10,12,18,21,23,30H,2,4,6,13-17H2,1H3/t18-,23+/m1/s1. The molecule has 1 aliphatic carbocycles. The number of hydrogen-bond acceptors (Lipinski definition) is 7. The van der Waals surface area contributed by atoms with Crippen molar-refractivity contribution >= 4 is 22.3 Å². The van der Waals surface area contributed by atoms with Gasteiger partial charge in [0, 0.05) is 61.7 Å². The number of fused-ring (bicyclic) bond motifs is 2. The molecule has 0 bridgehead atoms. The maximum absolute atomic E-state index is 9.47. The highest BCUT2D eigenvalue weighted by Gasteiger charge is 2.31. The second kappa shape index (κ2) is 8.86. The van der Waals surface area contributed by atoms with Gasteiger partial charge in [0.1, 0.15) is 6.07 Å². The van der Waals surface area contributed by atoms with E-state index in [1.54, 1.807) is 6.20 Å². The normalized spacial score (nSPS) is 22.5. The number of pyridine rings is 2. The molecule has 7 nitrogen and oxygen atoms in total. The summed E-state index contributed by atoms with van der Waals surface area (Å²) in [6.45, 7) is 6.63. The maximum atomic E-state index is 9.47. The number of nitrogens with one attached hydrogen (secondary N) is 1. The summed E-state index contributed by atoms with van der Waals surface area (Å²) in [4.78, 5) is 13.9. The molecule has 2 atom stereocenters. The Morgan fingerprint density at radius 1 is 1.12 bits per heavy atom. The van der Waals surface area contributed by atoms with Crippen molar-refractivity contribution in [3.8, 4) is 6.07 Å². The summed E-state index contributed by atoms with van der Waals surface area (Å²) in [7, 11) is 0. The molecule has 3 aromatic rings. The summed E-state index contributed by atoms with van der Waals surface area (Å²) in [6, 6.07) is 13.0.